The number of ether oxygens (including phenoxy) is 1. The normalized spacial score (nSPS) is 10.0. The van der Waals surface area contributed by atoms with Gasteiger partial charge in [-0.15, -0.1) is 0 Å². The smallest absolute Gasteiger partial charge is 0.324 e. The zero-order valence-corrected chi connectivity index (χ0v) is 12.3. The van der Waals surface area contributed by atoms with Crippen LogP contribution in [0, 0.1) is 6.92 Å². The molecule has 0 aliphatic heterocycles. The molecular weight excluding hydrogens is 268 g/mol. The lowest BCUT2D eigenvalue weighted by molar-refractivity contribution is 0.262. The molecule has 0 aliphatic rings. The molecule has 2 aromatic rings. The predicted molar refractivity (Wildman–Crippen MR) is 81.8 cm³/mol. The molecule has 2 rings (SSSR count). The molecule has 0 fully saturated rings. The Hall–Kier alpha value is -2.63. The van der Waals surface area contributed by atoms with Crippen LogP contribution in [0.25, 0.3) is 0 Å². The van der Waals surface area contributed by atoms with Crippen molar-refractivity contribution in [1.29, 1.82) is 0 Å². The number of carbonyl (C=O) groups excluding carboxylic acids is 1. The Bertz CT molecular complexity index is 626. The van der Waals surface area contributed by atoms with E-state index < -0.39 is 6.03 Å². The van der Waals surface area contributed by atoms with Crippen LogP contribution >= 0.6 is 0 Å². The molecule has 110 valence electrons. The largest absolute Gasteiger partial charge is 0.495 e. The molecule has 0 aliphatic carbocycles. The minimum Gasteiger partial charge on any atom is -0.495 e. The number of hydrogen-bond donors (Lipinski definition) is 2. The Balaban J connectivity index is 2.05. The van der Waals surface area contributed by atoms with Crippen LogP contribution in [0.3, 0.4) is 0 Å². The average molecular weight is 286 g/mol. The summed E-state index contributed by atoms with van der Waals surface area (Å²) in [5.74, 6) is 1.000. The summed E-state index contributed by atoms with van der Waals surface area (Å²) in [6.07, 6.45) is 3.98. The standard InChI is InChI=1S/C15H18N4O2/c1-4-11-8-17-14(9-16-11)19-15(20)18-12-7-10(2)5-6-13(12)21-3/h5-9H,4H2,1-3H3,(H2,17,18,19,20). The molecule has 0 spiro atoms. The van der Waals surface area contributed by atoms with Crippen molar-refractivity contribution in [1.82, 2.24) is 9.97 Å². The van der Waals surface area contributed by atoms with Crippen molar-refractivity contribution in [2.24, 2.45) is 0 Å². The van der Waals surface area contributed by atoms with Crippen LogP contribution in [-0.4, -0.2) is 23.1 Å². The Kier molecular flexibility index (Phi) is 4.71. The van der Waals surface area contributed by atoms with Gasteiger partial charge in [-0.25, -0.2) is 9.78 Å². The lowest BCUT2D eigenvalue weighted by atomic mass is 10.2. The molecule has 2 amide bonds. The molecule has 0 bridgehead atoms. The van der Waals surface area contributed by atoms with Gasteiger partial charge in [-0.2, -0.15) is 0 Å². The highest BCUT2D eigenvalue weighted by atomic mass is 16.5. The third kappa shape index (κ3) is 3.92. The number of urea groups is 1. The monoisotopic (exact) mass is 286 g/mol. The van der Waals surface area contributed by atoms with Crippen LogP contribution in [-0.2, 0) is 6.42 Å². The first-order chi connectivity index (χ1) is 10.1. The van der Waals surface area contributed by atoms with E-state index in [0.29, 0.717) is 17.3 Å². The van der Waals surface area contributed by atoms with E-state index >= 15 is 0 Å². The quantitative estimate of drug-likeness (QED) is 0.906. The summed E-state index contributed by atoms with van der Waals surface area (Å²) in [5.41, 5.74) is 2.51. The summed E-state index contributed by atoms with van der Waals surface area (Å²) < 4.78 is 5.21. The highest BCUT2D eigenvalue weighted by Gasteiger charge is 2.08. The topological polar surface area (TPSA) is 76.1 Å². The number of nitrogens with one attached hydrogen (secondary N) is 2. The molecule has 1 aromatic carbocycles. The number of aromatic nitrogens is 2. The second-order valence-electron chi connectivity index (χ2n) is 4.53. The van der Waals surface area contributed by atoms with Crippen LogP contribution in [0.4, 0.5) is 16.3 Å². The molecule has 6 nitrogen and oxygen atoms in total. The molecule has 0 unspecified atom stereocenters. The summed E-state index contributed by atoms with van der Waals surface area (Å²) in [6, 6.07) is 5.17. The molecule has 0 atom stereocenters. The number of nitrogens with zero attached hydrogens (tertiary/aromatic N) is 2. The highest BCUT2D eigenvalue weighted by molar-refractivity contribution is 6.00. The van der Waals surface area contributed by atoms with Crippen LogP contribution in [0.2, 0.25) is 0 Å². The summed E-state index contributed by atoms with van der Waals surface area (Å²) >= 11 is 0. The van der Waals surface area contributed by atoms with Crippen molar-refractivity contribution in [2.45, 2.75) is 20.3 Å². The van der Waals surface area contributed by atoms with Crippen molar-refractivity contribution < 1.29 is 9.53 Å². The van der Waals surface area contributed by atoms with E-state index in [1.54, 1.807) is 19.4 Å². The third-order valence-corrected chi connectivity index (χ3v) is 2.91. The van der Waals surface area contributed by atoms with Crippen molar-refractivity contribution >= 4 is 17.5 Å². The van der Waals surface area contributed by atoms with Gasteiger partial charge in [-0.3, -0.25) is 10.3 Å². The zero-order chi connectivity index (χ0) is 15.2. The number of rotatable bonds is 4. The maximum Gasteiger partial charge on any atom is 0.324 e. The van der Waals surface area contributed by atoms with E-state index in [1.807, 2.05) is 26.0 Å². The second kappa shape index (κ2) is 6.69. The maximum atomic E-state index is 12.0. The fraction of sp³-hybridized carbons (Fsp3) is 0.267. The van der Waals surface area contributed by atoms with Gasteiger partial charge >= 0.3 is 6.03 Å². The average Bonchev–Trinajstić information content (AvgIpc) is 2.48. The Morgan fingerprint density at radius 1 is 1.24 bits per heavy atom. The minimum atomic E-state index is -0.391. The SMILES string of the molecule is CCc1cnc(NC(=O)Nc2cc(C)ccc2OC)cn1. The summed E-state index contributed by atoms with van der Waals surface area (Å²) in [5, 5.41) is 5.37. The highest BCUT2D eigenvalue weighted by Crippen LogP contribution is 2.25. The van der Waals surface area contributed by atoms with Crippen molar-refractivity contribution in [3.8, 4) is 5.75 Å². The maximum absolute atomic E-state index is 12.0. The molecule has 2 N–H and O–H groups in total. The summed E-state index contributed by atoms with van der Waals surface area (Å²) in [7, 11) is 1.56. The Labute approximate surface area is 123 Å². The molecule has 6 heteroatoms. The number of methoxy groups -OCH3 is 1. The molecular formula is C15H18N4O2. The van der Waals surface area contributed by atoms with E-state index in [9.17, 15) is 4.79 Å². The van der Waals surface area contributed by atoms with Crippen molar-refractivity contribution in [2.75, 3.05) is 17.7 Å². The molecule has 21 heavy (non-hydrogen) atoms. The lowest BCUT2D eigenvalue weighted by Crippen LogP contribution is -2.20. The summed E-state index contributed by atoms with van der Waals surface area (Å²) in [4.78, 5) is 20.3. The van der Waals surface area contributed by atoms with Gasteiger partial charge in [-0.1, -0.05) is 13.0 Å². The van der Waals surface area contributed by atoms with Gasteiger partial charge in [0.15, 0.2) is 5.82 Å². The van der Waals surface area contributed by atoms with Gasteiger partial charge < -0.3 is 10.1 Å². The minimum absolute atomic E-state index is 0.391. The molecule has 0 radical (unpaired) electrons. The number of amides is 2. The molecule has 0 saturated heterocycles. The first-order valence-electron chi connectivity index (χ1n) is 6.66. The van der Waals surface area contributed by atoms with Crippen LogP contribution in [0.5, 0.6) is 5.75 Å². The van der Waals surface area contributed by atoms with E-state index in [-0.39, 0.29) is 0 Å². The zero-order valence-electron chi connectivity index (χ0n) is 12.3. The van der Waals surface area contributed by atoms with E-state index in [1.165, 1.54) is 6.20 Å². The van der Waals surface area contributed by atoms with Gasteiger partial charge in [0.05, 0.1) is 30.9 Å². The number of anilines is 2. The van der Waals surface area contributed by atoms with Crippen LogP contribution in [0.1, 0.15) is 18.2 Å². The molecule has 1 heterocycles. The first-order valence-corrected chi connectivity index (χ1v) is 6.66. The third-order valence-electron chi connectivity index (χ3n) is 2.91. The number of benzene rings is 1. The first kappa shape index (κ1) is 14.8. The van der Waals surface area contributed by atoms with Gasteiger partial charge in [0.1, 0.15) is 5.75 Å². The second-order valence-corrected chi connectivity index (χ2v) is 4.53. The fourth-order valence-corrected chi connectivity index (χ4v) is 1.79. The lowest BCUT2D eigenvalue weighted by Gasteiger charge is -2.11. The van der Waals surface area contributed by atoms with Gasteiger partial charge in [-0.05, 0) is 31.0 Å². The Morgan fingerprint density at radius 3 is 2.67 bits per heavy atom. The van der Waals surface area contributed by atoms with Crippen molar-refractivity contribution in [3.63, 3.8) is 0 Å². The van der Waals surface area contributed by atoms with Gasteiger partial charge in [0.25, 0.3) is 0 Å². The number of aryl methyl sites for hydroxylation is 2. The van der Waals surface area contributed by atoms with Crippen LogP contribution < -0.4 is 15.4 Å². The van der Waals surface area contributed by atoms with E-state index in [0.717, 1.165) is 17.7 Å². The van der Waals surface area contributed by atoms with E-state index in [2.05, 4.69) is 20.6 Å². The molecule has 1 aromatic heterocycles. The number of hydrogen-bond acceptors (Lipinski definition) is 4. The Morgan fingerprint density at radius 2 is 2.05 bits per heavy atom. The van der Waals surface area contributed by atoms with E-state index in [4.69, 9.17) is 4.74 Å². The van der Waals surface area contributed by atoms with Gasteiger partial charge in [0.2, 0.25) is 0 Å². The number of carbonyl (C=O) groups is 1. The fourth-order valence-electron chi connectivity index (χ4n) is 1.79. The molecule has 0 saturated carbocycles. The van der Waals surface area contributed by atoms with Gasteiger partial charge in [0, 0.05) is 0 Å². The summed E-state index contributed by atoms with van der Waals surface area (Å²) in [6.45, 7) is 3.94. The predicted octanol–water partition coefficient (Wildman–Crippen LogP) is 3.00. The van der Waals surface area contributed by atoms with Crippen LogP contribution in [0.15, 0.2) is 30.6 Å². The van der Waals surface area contributed by atoms with Crippen molar-refractivity contribution in [3.05, 3.63) is 41.9 Å².